The summed E-state index contributed by atoms with van der Waals surface area (Å²) in [6.07, 6.45) is 1.72. The lowest BCUT2D eigenvalue weighted by Gasteiger charge is -1.88. The van der Waals surface area contributed by atoms with Gasteiger partial charge < -0.3 is 4.52 Å². The van der Waals surface area contributed by atoms with Gasteiger partial charge in [0.1, 0.15) is 0 Å². The fourth-order valence-corrected chi connectivity index (χ4v) is 0.803. The Kier molecular flexibility index (Phi) is 5.64. The van der Waals surface area contributed by atoms with Gasteiger partial charge in [0, 0.05) is 11.5 Å². The molecule has 64 valence electrons. The van der Waals surface area contributed by atoms with Crippen LogP contribution < -0.4 is 0 Å². The first-order valence-corrected chi connectivity index (χ1v) is 4.83. The number of hydrogen-bond acceptors (Lipinski definition) is 5. The highest BCUT2D eigenvalue weighted by Crippen LogP contribution is 2.02. The highest BCUT2D eigenvalue weighted by atomic mass is 79.9. The van der Waals surface area contributed by atoms with Crippen LogP contribution in [0.15, 0.2) is 4.52 Å². The minimum absolute atomic E-state index is 0.00231. The van der Waals surface area contributed by atoms with E-state index >= 15 is 0 Å². The van der Waals surface area contributed by atoms with Gasteiger partial charge in [-0.1, -0.05) is 20.1 Å². The maximum atomic E-state index is 7.97. The van der Waals surface area contributed by atoms with E-state index in [2.05, 4.69) is 32.7 Å². The van der Waals surface area contributed by atoms with E-state index in [0.29, 0.717) is 4.02 Å². The van der Waals surface area contributed by atoms with Crippen molar-refractivity contribution in [3.8, 4) is 12.3 Å². The van der Waals surface area contributed by atoms with Crippen LogP contribution in [0.5, 0.6) is 0 Å². The highest BCUT2D eigenvalue weighted by molar-refractivity contribution is 9.09. The normalized spacial score (nSPS) is 10.3. The number of rotatable bonds is 0. The first kappa shape index (κ1) is 11.4. The van der Waals surface area contributed by atoms with Crippen molar-refractivity contribution in [2.75, 3.05) is 0 Å². The Morgan fingerprint density at radius 2 is 2.17 bits per heavy atom. The third kappa shape index (κ3) is 5.08. The molecule has 0 spiro atoms. The average Bonchev–Trinajstić information content (AvgIpc) is 2.00. The summed E-state index contributed by atoms with van der Waals surface area (Å²) < 4.78 is 5.89. The summed E-state index contributed by atoms with van der Waals surface area (Å²) in [5, 5.41) is 15.8. The maximum Gasteiger partial charge on any atom is 0.295 e. The predicted molar refractivity (Wildman–Crippen MR) is 50.4 cm³/mol. The molecule has 0 saturated heterocycles. The Morgan fingerprint density at radius 1 is 1.75 bits per heavy atom. The molecule has 0 aliphatic carbocycles. The van der Waals surface area contributed by atoms with Crippen LogP contribution in [0.25, 0.3) is 0 Å². The molecule has 4 nitrogen and oxygen atoms in total. The van der Waals surface area contributed by atoms with Crippen LogP contribution in [-0.4, -0.2) is 8.96 Å². The van der Waals surface area contributed by atoms with Crippen molar-refractivity contribution in [2.24, 2.45) is 0 Å². The molecule has 0 fully saturated rings. The van der Waals surface area contributed by atoms with E-state index in [0.717, 1.165) is 15.7 Å². The van der Waals surface area contributed by atoms with Crippen molar-refractivity contribution < 1.29 is 4.52 Å². The van der Waals surface area contributed by atoms with Crippen molar-refractivity contribution in [1.29, 1.82) is 10.5 Å². The molecule has 1 aromatic rings. The standard InChI is InChI=1S/C3H4BrN.C2N2OS2/c1-3(4)2-5;3-1-4-5-2(6)7-4/h3H,1H3;. The Bertz CT molecular complexity index is 335. The van der Waals surface area contributed by atoms with Crippen LogP contribution in [0.4, 0.5) is 0 Å². The monoisotopic (exact) mass is 265 g/mol. The lowest BCUT2D eigenvalue weighted by Crippen LogP contribution is -1.85. The lowest BCUT2D eigenvalue weighted by molar-refractivity contribution is 0.341. The van der Waals surface area contributed by atoms with Crippen molar-refractivity contribution in [2.45, 2.75) is 11.8 Å². The summed E-state index contributed by atoms with van der Waals surface area (Å²) in [6, 6.07) is 1.94. The molecular weight excluding hydrogens is 262 g/mol. The first-order valence-electron chi connectivity index (χ1n) is 2.73. The van der Waals surface area contributed by atoms with Gasteiger partial charge in [0.2, 0.25) is 6.19 Å². The van der Waals surface area contributed by atoms with Gasteiger partial charge in [-0.15, -0.1) is 0 Å². The summed E-state index contributed by atoms with van der Waals surface area (Å²) >= 11 is 8.60. The zero-order valence-corrected chi connectivity index (χ0v) is 9.24. The molecule has 1 heterocycles. The van der Waals surface area contributed by atoms with Gasteiger partial charge in [-0.3, -0.25) is 0 Å². The Hall–Kier alpha value is -0.630. The van der Waals surface area contributed by atoms with Gasteiger partial charge in [0.25, 0.3) is 4.02 Å². The molecule has 1 atom stereocenters. The van der Waals surface area contributed by atoms with Crippen molar-refractivity contribution >= 4 is 39.7 Å². The zero-order chi connectivity index (χ0) is 9.56. The van der Waals surface area contributed by atoms with Crippen LogP contribution in [0.2, 0.25) is 0 Å². The van der Waals surface area contributed by atoms with E-state index in [1.807, 2.05) is 6.07 Å². The van der Waals surface area contributed by atoms with Crippen molar-refractivity contribution in [3.05, 3.63) is 4.02 Å². The molecule has 0 amide bonds. The minimum Gasteiger partial charge on any atom is -0.330 e. The van der Waals surface area contributed by atoms with Gasteiger partial charge in [-0.05, 0) is 19.1 Å². The van der Waals surface area contributed by atoms with Crippen LogP contribution in [0.3, 0.4) is 0 Å². The molecule has 0 aliphatic heterocycles. The van der Waals surface area contributed by atoms with Gasteiger partial charge >= 0.3 is 0 Å². The predicted octanol–water partition coefficient (Wildman–Crippen LogP) is 2.49. The average molecular weight is 266 g/mol. The second kappa shape index (κ2) is 5.95. The van der Waals surface area contributed by atoms with Crippen molar-refractivity contribution in [1.82, 2.24) is 4.13 Å². The third-order valence-corrected chi connectivity index (χ3v) is 1.62. The van der Waals surface area contributed by atoms with E-state index in [4.69, 9.17) is 10.5 Å². The van der Waals surface area contributed by atoms with E-state index in [9.17, 15) is 0 Å². The molecule has 12 heavy (non-hydrogen) atoms. The van der Waals surface area contributed by atoms with E-state index in [-0.39, 0.29) is 4.83 Å². The highest BCUT2D eigenvalue weighted by Gasteiger charge is 1.90. The molecule has 0 aromatic carbocycles. The molecule has 0 N–H and O–H groups in total. The number of halogens is 1. The van der Waals surface area contributed by atoms with Gasteiger partial charge in [-0.25, -0.2) is 0 Å². The number of nitriles is 2. The molecule has 0 radical (unpaired) electrons. The van der Waals surface area contributed by atoms with E-state index in [1.54, 1.807) is 13.1 Å². The first-order chi connectivity index (χ1) is 5.60. The fourth-order valence-electron chi connectivity index (χ4n) is 0.183. The molecule has 0 aliphatic rings. The zero-order valence-electron chi connectivity index (χ0n) is 6.02. The summed E-state index contributed by atoms with van der Waals surface area (Å²) in [6.45, 7) is 1.78. The summed E-state index contributed by atoms with van der Waals surface area (Å²) in [7, 11) is 0. The summed E-state index contributed by atoms with van der Waals surface area (Å²) in [4.78, 5) is 0.00231. The topological polar surface area (TPSA) is 65.7 Å². The lowest BCUT2D eigenvalue weighted by atomic mass is 10.6. The Balaban J connectivity index is 0.000000217. The minimum atomic E-state index is 0.00231. The SMILES string of the molecule is CC(Br)C#N.N#Cn1oc(=S)s1. The van der Waals surface area contributed by atoms with Crippen LogP contribution in [0.1, 0.15) is 6.92 Å². The fraction of sp³-hybridized carbons (Fsp3) is 0.400. The number of hydrogen-bond donors (Lipinski definition) is 0. The molecule has 7 heteroatoms. The van der Waals surface area contributed by atoms with E-state index < -0.39 is 0 Å². The number of nitrogens with zero attached hydrogens (tertiary/aromatic N) is 3. The maximum absolute atomic E-state index is 7.97. The smallest absolute Gasteiger partial charge is 0.295 e. The Labute approximate surface area is 86.9 Å². The molecule has 0 saturated carbocycles. The quantitative estimate of drug-likeness (QED) is 0.534. The molecular formula is C5H4BrN3OS2. The largest absolute Gasteiger partial charge is 0.330 e. The third-order valence-electron chi connectivity index (χ3n) is 0.574. The number of aromatic nitrogens is 1. The molecule has 1 rings (SSSR count). The molecule has 1 aromatic heterocycles. The van der Waals surface area contributed by atoms with Gasteiger partial charge in [0.05, 0.1) is 10.9 Å². The van der Waals surface area contributed by atoms with E-state index in [1.165, 1.54) is 0 Å². The van der Waals surface area contributed by atoms with Crippen LogP contribution >= 0.6 is 39.7 Å². The molecule has 0 bridgehead atoms. The Morgan fingerprint density at radius 3 is 2.25 bits per heavy atom. The van der Waals surface area contributed by atoms with Crippen LogP contribution in [-0.2, 0) is 0 Å². The van der Waals surface area contributed by atoms with Gasteiger partial charge in [0.15, 0.2) is 0 Å². The second-order valence-corrected chi connectivity index (χ2v) is 4.42. The summed E-state index contributed by atoms with van der Waals surface area (Å²) in [5.74, 6) is 0. The second-order valence-electron chi connectivity index (χ2n) is 1.53. The van der Waals surface area contributed by atoms with Crippen molar-refractivity contribution in [3.63, 3.8) is 0 Å². The number of alkyl halides is 1. The molecule has 1 unspecified atom stereocenters. The van der Waals surface area contributed by atoms with Gasteiger partial charge in [-0.2, -0.15) is 10.5 Å². The summed E-state index contributed by atoms with van der Waals surface area (Å²) in [5.41, 5.74) is 0. The van der Waals surface area contributed by atoms with Crippen LogP contribution in [0, 0.1) is 26.8 Å².